The zero-order chi connectivity index (χ0) is 13.1. The molecule has 0 aliphatic rings. The average molecular weight is 251 g/mol. The number of nitrogens with two attached hydrogens (primary N) is 1. The summed E-state index contributed by atoms with van der Waals surface area (Å²) in [6, 6.07) is 9.11. The van der Waals surface area contributed by atoms with Gasteiger partial charge in [-0.3, -0.25) is 0 Å². The lowest BCUT2D eigenvalue weighted by Gasteiger charge is -2.12. The summed E-state index contributed by atoms with van der Waals surface area (Å²) in [5.41, 5.74) is 7.28. The maximum atomic E-state index is 13.0. The van der Waals surface area contributed by atoms with Crippen LogP contribution in [0.25, 0.3) is 0 Å². The summed E-state index contributed by atoms with van der Waals surface area (Å²) >= 11 is 0. The normalized spacial score (nSPS) is 12.4. The Morgan fingerprint density at radius 2 is 1.56 bits per heavy atom. The molecule has 2 aromatic carbocycles. The van der Waals surface area contributed by atoms with Crippen LogP contribution >= 0.6 is 0 Å². The molecule has 1 nitrogen and oxygen atoms in total. The second-order valence-corrected chi connectivity index (χ2v) is 4.11. The number of benzene rings is 2. The fourth-order valence-corrected chi connectivity index (χ4v) is 1.75. The van der Waals surface area contributed by atoms with Gasteiger partial charge < -0.3 is 5.73 Å². The number of halogens is 3. The van der Waals surface area contributed by atoms with E-state index in [1.54, 1.807) is 12.1 Å². The van der Waals surface area contributed by atoms with Gasteiger partial charge in [0.2, 0.25) is 0 Å². The Balaban J connectivity index is 2.13. The predicted molar refractivity (Wildman–Crippen MR) is 63.4 cm³/mol. The average Bonchev–Trinajstić information content (AvgIpc) is 2.34. The van der Waals surface area contributed by atoms with Gasteiger partial charge >= 0.3 is 0 Å². The van der Waals surface area contributed by atoms with Crippen molar-refractivity contribution < 1.29 is 13.2 Å². The number of rotatable bonds is 3. The summed E-state index contributed by atoms with van der Waals surface area (Å²) < 4.78 is 38.5. The predicted octanol–water partition coefficient (Wildman–Crippen LogP) is 3.35. The molecule has 1 unspecified atom stereocenters. The molecule has 0 spiro atoms. The van der Waals surface area contributed by atoms with E-state index in [0.717, 1.165) is 17.7 Å². The lowest BCUT2D eigenvalue weighted by atomic mass is 9.99. The van der Waals surface area contributed by atoms with E-state index in [4.69, 9.17) is 5.73 Å². The van der Waals surface area contributed by atoms with E-state index >= 15 is 0 Å². The van der Waals surface area contributed by atoms with Crippen LogP contribution < -0.4 is 5.73 Å². The molecular formula is C14H12F3N. The Morgan fingerprint density at radius 1 is 0.889 bits per heavy atom. The van der Waals surface area contributed by atoms with Crippen LogP contribution in [0.2, 0.25) is 0 Å². The van der Waals surface area contributed by atoms with E-state index in [1.807, 2.05) is 0 Å². The minimum Gasteiger partial charge on any atom is -0.324 e. The Hall–Kier alpha value is -1.81. The molecule has 0 bridgehead atoms. The smallest absolute Gasteiger partial charge is 0.159 e. The number of hydrogen-bond acceptors (Lipinski definition) is 1. The van der Waals surface area contributed by atoms with Gasteiger partial charge in [0.05, 0.1) is 0 Å². The first-order valence-electron chi connectivity index (χ1n) is 5.51. The summed E-state index contributed by atoms with van der Waals surface area (Å²) in [4.78, 5) is 0. The summed E-state index contributed by atoms with van der Waals surface area (Å²) in [7, 11) is 0. The Bertz CT molecular complexity index is 537. The molecule has 2 aromatic rings. The first-order valence-corrected chi connectivity index (χ1v) is 5.51. The molecule has 0 amide bonds. The summed E-state index contributed by atoms with van der Waals surface area (Å²) in [5.74, 6) is -2.10. The third-order valence-corrected chi connectivity index (χ3v) is 2.74. The summed E-state index contributed by atoms with van der Waals surface area (Å²) in [5, 5.41) is 0. The van der Waals surface area contributed by atoms with E-state index in [-0.39, 0.29) is 11.9 Å². The third kappa shape index (κ3) is 2.90. The van der Waals surface area contributed by atoms with Crippen molar-refractivity contribution >= 4 is 0 Å². The Kier molecular flexibility index (Phi) is 3.67. The summed E-state index contributed by atoms with van der Waals surface area (Å²) in [6.07, 6.45) is 0.364. The van der Waals surface area contributed by atoms with Crippen LogP contribution in [-0.4, -0.2) is 0 Å². The highest BCUT2D eigenvalue weighted by atomic mass is 19.2. The van der Waals surface area contributed by atoms with Gasteiger partial charge in [-0.25, -0.2) is 13.2 Å². The molecule has 0 saturated carbocycles. The van der Waals surface area contributed by atoms with E-state index in [2.05, 4.69) is 0 Å². The zero-order valence-electron chi connectivity index (χ0n) is 9.54. The monoisotopic (exact) mass is 251 g/mol. The van der Waals surface area contributed by atoms with Crippen LogP contribution in [0.1, 0.15) is 17.2 Å². The third-order valence-electron chi connectivity index (χ3n) is 2.74. The van der Waals surface area contributed by atoms with Crippen molar-refractivity contribution in [2.45, 2.75) is 12.5 Å². The molecular weight excluding hydrogens is 239 g/mol. The van der Waals surface area contributed by atoms with Crippen molar-refractivity contribution in [1.29, 1.82) is 0 Å². The SMILES string of the molecule is NC(Cc1ccc(F)c(F)c1)c1ccc(F)cc1. The first-order chi connectivity index (χ1) is 8.56. The van der Waals surface area contributed by atoms with Crippen LogP contribution in [0, 0.1) is 17.5 Å². The van der Waals surface area contributed by atoms with Gasteiger partial charge in [-0.1, -0.05) is 18.2 Å². The van der Waals surface area contributed by atoms with Gasteiger partial charge in [0.25, 0.3) is 0 Å². The van der Waals surface area contributed by atoms with E-state index < -0.39 is 11.6 Å². The zero-order valence-corrected chi connectivity index (χ0v) is 9.54. The van der Waals surface area contributed by atoms with Crippen molar-refractivity contribution in [2.24, 2.45) is 5.73 Å². The van der Waals surface area contributed by atoms with Gasteiger partial charge in [-0.2, -0.15) is 0 Å². The van der Waals surface area contributed by atoms with Gasteiger partial charge in [-0.15, -0.1) is 0 Å². The minimum atomic E-state index is -0.890. The molecule has 1 atom stereocenters. The van der Waals surface area contributed by atoms with Gasteiger partial charge in [0, 0.05) is 6.04 Å². The van der Waals surface area contributed by atoms with Crippen LogP contribution in [0.4, 0.5) is 13.2 Å². The first kappa shape index (κ1) is 12.6. The van der Waals surface area contributed by atoms with Gasteiger partial charge in [-0.05, 0) is 41.8 Å². The molecule has 0 aliphatic carbocycles. The molecule has 4 heteroatoms. The Labute approximate surface area is 103 Å². The van der Waals surface area contributed by atoms with Crippen molar-refractivity contribution in [3.63, 3.8) is 0 Å². The number of hydrogen-bond donors (Lipinski definition) is 1. The van der Waals surface area contributed by atoms with Crippen LogP contribution in [0.15, 0.2) is 42.5 Å². The maximum absolute atomic E-state index is 13.0. The highest BCUT2D eigenvalue weighted by Gasteiger charge is 2.09. The fraction of sp³-hybridized carbons (Fsp3) is 0.143. The lowest BCUT2D eigenvalue weighted by Crippen LogP contribution is -2.13. The van der Waals surface area contributed by atoms with Crippen molar-refractivity contribution in [1.82, 2.24) is 0 Å². The second-order valence-electron chi connectivity index (χ2n) is 4.11. The quantitative estimate of drug-likeness (QED) is 0.889. The van der Waals surface area contributed by atoms with Crippen LogP contribution in [0.5, 0.6) is 0 Å². The molecule has 2 rings (SSSR count). The fourth-order valence-electron chi connectivity index (χ4n) is 1.75. The standard InChI is InChI=1S/C14H12F3N/c15-11-4-2-10(3-5-11)14(18)8-9-1-6-12(16)13(17)7-9/h1-7,14H,8,18H2. The van der Waals surface area contributed by atoms with Gasteiger partial charge in [0.15, 0.2) is 11.6 Å². The van der Waals surface area contributed by atoms with Gasteiger partial charge in [0.1, 0.15) is 5.82 Å². The molecule has 0 fully saturated rings. The lowest BCUT2D eigenvalue weighted by molar-refractivity contribution is 0.506. The minimum absolute atomic E-state index is 0.334. The summed E-state index contributed by atoms with van der Waals surface area (Å²) in [6.45, 7) is 0. The maximum Gasteiger partial charge on any atom is 0.159 e. The highest BCUT2D eigenvalue weighted by molar-refractivity contribution is 5.24. The van der Waals surface area contributed by atoms with Crippen LogP contribution in [-0.2, 0) is 6.42 Å². The molecule has 0 aromatic heterocycles. The molecule has 94 valence electrons. The van der Waals surface area contributed by atoms with E-state index in [9.17, 15) is 13.2 Å². The molecule has 0 heterocycles. The molecule has 0 aliphatic heterocycles. The molecule has 2 N–H and O–H groups in total. The van der Waals surface area contributed by atoms with Crippen molar-refractivity contribution in [3.8, 4) is 0 Å². The van der Waals surface area contributed by atoms with E-state index in [0.29, 0.717) is 12.0 Å². The molecule has 18 heavy (non-hydrogen) atoms. The highest BCUT2D eigenvalue weighted by Crippen LogP contribution is 2.18. The largest absolute Gasteiger partial charge is 0.324 e. The van der Waals surface area contributed by atoms with Crippen molar-refractivity contribution in [3.05, 3.63) is 71.0 Å². The van der Waals surface area contributed by atoms with Crippen LogP contribution in [0.3, 0.4) is 0 Å². The second kappa shape index (κ2) is 5.23. The van der Waals surface area contributed by atoms with E-state index in [1.165, 1.54) is 18.2 Å². The van der Waals surface area contributed by atoms with Crippen molar-refractivity contribution in [2.75, 3.05) is 0 Å². The Morgan fingerprint density at radius 3 is 2.17 bits per heavy atom. The molecule has 0 saturated heterocycles. The topological polar surface area (TPSA) is 26.0 Å². The molecule has 0 radical (unpaired) electrons.